The average Bonchev–Trinajstić information content (AvgIpc) is 3.03. The van der Waals surface area contributed by atoms with Crippen LogP contribution in [0.4, 0.5) is 4.39 Å². The SMILES string of the molecule is CC[C@H](C)[C@@H](C(=O)OC)N(C)C(OC)n1nnn(-c2cccc(F)c2)c1=O. The topological polar surface area (TPSA) is 91.5 Å². The van der Waals surface area contributed by atoms with Crippen LogP contribution in [0.1, 0.15) is 26.6 Å². The second kappa shape index (κ2) is 8.87. The minimum atomic E-state index is -1.00. The summed E-state index contributed by atoms with van der Waals surface area (Å²) in [5, 5.41) is 7.64. The Labute approximate surface area is 156 Å². The van der Waals surface area contributed by atoms with E-state index < -0.39 is 29.9 Å². The first-order valence-electron chi connectivity index (χ1n) is 8.48. The third-order valence-electron chi connectivity index (χ3n) is 4.49. The summed E-state index contributed by atoms with van der Waals surface area (Å²) in [6.07, 6.45) is -0.288. The van der Waals surface area contributed by atoms with Crippen LogP contribution < -0.4 is 5.69 Å². The van der Waals surface area contributed by atoms with Crippen molar-refractivity contribution in [3.8, 4) is 5.69 Å². The fourth-order valence-corrected chi connectivity index (χ4v) is 2.89. The minimum Gasteiger partial charge on any atom is -0.468 e. The Morgan fingerprint density at radius 1 is 1.33 bits per heavy atom. The number of carbonyl (C=O) groups excluding carboxylic acids is 1. The number of benzene rings is 1. The number of ether oxygens (including phenoxy) is 2. The highest BCUT2D eigenvalue weighted by molar-refractivity contribution is 5.76. The average molecular weight is 381 g/mol. The molecule has 2 rings (SSSR count). The van der Waals surface area contributed by atoms with Crippen molar-refractivity contribution >= 4 is 5.97 Å². The van der Waals surface area contributed by atoms with Crippen LogP contribution in [-0.4, -0.2) is 58.0 Å². The largest absolute Gasteiger partial charge is 0.468 e. The molecule has 0 bridgehead atoms. The fourth-order valence-electron chi connectivity index (χ4n) is 2.89. The number of aromatic nitrogens is 4. The first kappa shape index (κ1) is 20.7. The van der Waals surface area contributed by atoms with E-state index in [9.17, 15) is 14.0 Å². The molecule has 148 valence electrons. The molecule has 9 nitrogen and oxygen atoms in total. The Hall–Kier alpha value is -2.59. The first-order chi connectivity index (χ1) is 12.8. The third kappa shape index (κ3) is 4.22. The third-order valence-corrected chi connectivity index (χ3v) is 4.49. The number of esters is 1. The van der Waals surface area contributed by atoms with Gasteiger partial charge >= 0.3 is 11.7 Å². The predicted molar refractivity (Wildman–Crippen MR) is 94.6 cm³/mol. The second-order valence-electron chi connectivity index (χ2n) is 6.18. The lowest BCUT2D eigenvalue weighted by Crippen LogP contribution is -2.49. The fraction of sp³-hybridized carbons (Fsp3) is 0.529. The van der Waals surface area contributed by atoms with Gasteiger partial charge in [0.15, 0.2) is 0 Å². The van der Waals surface area contributed by atoms with Gasteiger partial charge in [-0.15, -0.1) is 4.68 Å². The van der Waals surface area contributed by atoms with Crippen molar-refractivity contribution < 1.29 is 18.7 Å². The number of methoxy groups -OCH3 is 2. The summed E-state index contributed by atoms with van der Waals surface area (Å²) in [6.45, 7) is 3.85. The Balaban J connectivity index is 2.42. The number of carbonyl (C=O) groups is 1. The number of likely N-dealkylation sites (N-methyl/N-ethyl adjacent to an activating group) is 1. The molecule has 0 saturated carbocycles. The standard InChI is InChI=1S/C17H24FN5O4/c1-6-11(2)14(15(24)26-4)21(3)17(27-5)23-16(25)22(19-20-23)13-9-7-8-12(18)10-13/h7-11,14,17H,6H2,1-5H3/t11-,14-,17?/m0/s1. The molecule has 1 aromatic heterocycles. The molecule has 0 aliphatic rings. The maximum Gasteiger partial charge on any atom is 0.372 e. The van der Waals surface area contributed by atoms with Gasteiger partial charge in [-0.05, 0) is 41.6 Å². The highest BCUT2D eigenvalue weighted by Crippen LogP contribution is 2.21. The molecule has 1 unspecified atom stereocenters. The lowest BCUT2D eigenvalue weighted by molar-refractivity contribution is -0.163. The molecule has 3 atom stereocenters. The van der Waals surface area contributed by atoms with E-state index in [1.54, 1.807) is 11.9 Å². The van der Waals surface area contributed by atoms with Gasteiger partial charge < -0.3 is 9.47 Å². The van der Waals surface area contributed by atoms with Crippen LogP contribution in [-0.2, 0) is 14.3 Å². The van der Waals surface area contributed by atoms with E-state index in [1.165, 1.54) is 38.5 Å². The molecule has 1 heterocycles. The molecule has 0 saturated heterocycles. The maximum absolute atomic E-state index is 13.5. The van der Waals surface area contributed by atoms with Gasteiger partial charge in [0.2, 0.25) is 6.35 Å². The van der Waals surface area contributed by atoms with Crippen molar-refractivity contribution in [1.29, 1.82) is 0 Å². The summed E-state index contributed by atoms with van der Waals surface area (Å²) in [4.78, 5) is 26.6. The smallest absolute Gasteiger partial charge is 0.372 e. The molecule has 0 radical (unpaired) electrons. The number of tetrazole rings is 1. The zero-order valence-corrected chi connectivity index (χ0v) is 16.0. The van der Waals surface area contributed by atoms with E-state index in [-0.39, 0.29) is 11.6 Å². The molecule has 10 heteroatoms. The molecular formula is C17H24FN5O4. The van der Waals surface area contributed by atoms with Gasteiger partial charge in [-0.3, -0.25) is 4.79 Å². The molecule has 0 aliphatic carbocycles. The van der Waals surface area contributed by atoms with Crippen LogP contribution in [0.25, 0.3) is 5.69 Å². The van der Waals surface area contributed by atoms with Gasteiger partial charge in [-0.25, -0.2) is 14.1 Å². The van der Waals surface area contributed by atoms with Crippen molar-refractivity contribution in [2.75, 3.05) is 21.3 Å². The number of nitrogens with zero attached hydrogens (tertiary/aromatic N) is 5. The van der Waals surface area contributed by atoms with Crippen LogP contribution in [0.3, 0.4) is 0 Å². The van der Waals surface area contributed by atoms with E-state index in [1.807, 2.05) is 13.8 Å². The maximum atomic E-state index is 13.5. The van der Waals surface area contributed by atoms with Crippen molar-refractivity contribution in [3.05, 3.63) is 40.6 Å². The summed E-state index contributed by atoms with van der Waals surface area (Å²) in [6, 6.07) is 4.77. The van der Waals surface area contributed by atoms with Crippen molar-refractivity contribution in [3.63, 3.8) is 0 Å². The zero-order valence-electron chi connectivity index (χ0n) is 16.0. The van der Waals surface area contributed by atoms with E-state index >= 15 is 0 Å². The Kier molecular flexibility index (Phi) is 6.81. The Bertz CT molecular complexity index is 837. The van der Waals surface area contributed by atoms with Crippen molar-refractivity contribution in [1.82, 2.24) is 24.7 Å². The number of hydrogen-bond donors (Lipinski definition) is 0. The summed E-state index contributed by atoms with van der Waals surface area (Å²) in [5.41, 5.74) is -0.401. The Morgan fingerprint density at radius 3 is 2.59 bits per heavy atom. The summed E-state index contributed by atoms with van der Waals surface area (Å²) < 4.78 is 25.7. The van der Waals surface area contributed by atoms with Crippen LogP contribution in [0, 0.1) is 11.7 Å². The molecule has 2 aromatic rings. The van der Waals surface area contributed by atoms with Crippen molar-refractivity contribution in [2.45, 2.75) is 32.7 Å². The normalized spacial score (nSPS) is 14.8. The monoisotopic (exact) mass is 381 g/mol. The molecule has 0 N–H and O–H groups in total. The minimum absolute atomic E-state index is 0.0610. The zero-order chi connectivity index (χ0) is 20.1. The van der Waals surface area contributed by atoms with Crippen LogP contribution in [0.15, 0.2) is 29.1 Å². The molecule has 0 amide bonds. The summed E-state index contributed by atoms with van der Waals surface area (Å²) >= 11 is 0. The lowest BCUT2D eigenvalue weighted by Gasteiger charge is -2.34. The predicted octanol–water partition coefficient (Wildman–Crippen LogP) is 1.19. The molecule has 1 aromatic carbocycles. The first-order valence-corrected chi connectivity index (χ1v) is 8.48. The highest BCUT2D eigenvalue weighted by atomic mass is 19.1. The van der Waals surface area contributed by atoms with Crippen LogP contribution >= 0.6 is 0 Å². The second-order valence-corrected chi connectivity index (χ2v) is 6.18. The van der Waals surface area contributed by atoms with Crippen LogP contribution in [0.5, 0.6) is 0 Å². The van der Waals surface area contributed by atoms with Crippen molar-refractivity contribution in [2.24, 2.45) is 5.92 Å². The van der Waals surface area contributed by atoms with Gasteiger partial charge in [0.05, 0.1) is 12.8 Å². The van der Waals surface area contributed by atoms with Gasteiger partial charge in [0.25, 0.3) is 0 Å². The Morgan fingerprint density at radius 2 is 2.04 bits per heavy atom. The van der Waals surface area contributed by atoms with Gasteiger partial charge in [-0.1, -0.05) is 26.3 Å². The lowest BCUT2D eigenvalue weighted by atomic mass is 9.98. The number of halogens is 1. The summed E-state index contributed by atoms with van der Waals surface area (Å²) in [7, 11) is 4.33. The van der Waals surface area contributed by atoms with Gasteiger partial charge in [0, 0.05) is 7.11 Å². The highest BCUT2D eigenvalue weighted by Gasteiger charge is 2.35. The molecule has 0 aliphatic heterocycles. The number of rotatable bonds is 8. The molecule has 0 spiro atoms. The van der Waals surface area contributed by atoms with E-state index in [4.69, 9.17) is 9.47 Å². The number of hydrogen-bond acceptors (Lipinski definition) is 7. The quantitative estimate of drug-likeness (QED) is 0.501. The van der Waals surface area contributed by atoms with E-state index in [0.717, 1.165) is 9.36 Å². The van der Waals surface area contributed by atoms with Gasteiger partial charge in [-0.2, -0.15) is 4.68 Å². The molecule has 0 fully saturated rings. The molecule has 27 heavy (non-hydrogen) atoms. The summed E-state index contributed by atoms with van der Waals surface area (Å²) in [5.74, 6) is -1.01. The molecular weight excluding hydrogens is 357 g/mol. The van der Waals surface area contributed by atoms with Crippen LogP contribution in [0.2, 0.25) is 0 Å². The van der Waals surface area contributed by atoms with E-state index in [2.05, 4.69) is 10.4 Å². The van der Waals surface area contributed by atoms with E-state index in [0.29, 0.717) is 6.42 Å². The van der Waals surface area contributed by atoms with Gasteiger partial charge in [0.1, 0.15) is 11.9 Å².